The molecular formula is C23H28N4O2. The molecule has 1 unspecified atom stereocenters. The molecular weight excluding hydrogens is 364 g/mol. The van der Waals surface area contributed by atoms with Crippen LogP contribution in [-0.2, 0) is 10.2 Å². The van der Waals surface area contributed by atoms with Crippen LogP contribution in [-0.4, -0.2) is 34.0 Å². The highest BCUT2D eigenvalue weighted by Crippen LogP contribution is 2.50. The van der Waals surface area contributed by atoms with E-state index in [4.69, 9.17) is 11.5 Å². The van der Waals surface area contributed by atoms with Gasteiger partial charge in [0.15, 0.2) is 0 Å². The summed E-state index contributed by atoms with van der Waals surface area (Å²) >= 11 is 0. The second-order valence-electron chi connectivity index (χ2n) is 8.41. The smallest absolute Gasteiger partial charge is 0.245 e. The van der Waals surface area contributed by atoms with E-state index < -0.39 is 0 Å². The number of likely N-dealkylation sites (tertiary alicyclic amines) is 1. The molecule has 1 saturated carbocycles. The summed E-state index contributed by atoms with van der Waals surface area (Å²) in [6.45, 7) is 7.13. The maximum absolute atomic E-state index is 12.1. The average Bonchev–Trinajstić information content (AvgIpc) is 3.38. The van der Waals surface area contributed by atoms with Gasteiger partial charge in [-0.1, -0.05) is 25.6 Å². The predicted molar refractivity (Wildman–Crippen MR) is 116 cm³/mol. The van der Waals surface area contributed by atoms with Gasteiger partial charge in [0.1, 0.15) is 11.6 Å². The fraction of sp³-hybridized carbons (Fsp3) is 0.348. The van der Waals surface area contributed by atoms with Crippen LogP contribution in [0.3, 0.4) is 0 Å². The van der Waals surface area contributed by atoms with Gasteiger partial charge in [-0.15, -0.1) is 0 Å². The number of aromatic amines is 1. The normalized spacial score (nSPS) is 22.1. The summed E-state index contributed by atoms with van der Waals surface area (Å²) in [5, 5.41) is 10.1. The van der Waals surface area contributed by atoms with Gasteiger partial charge in [-0.05, 0) is 55.0 Å². The number of nitrogens with zero attached hydrogens (tertiary/aromatic N) is 1. The Hall–Kier alpha value is -3.15. The second-order valence-corrected chi connectivity index (χ2v) is 8.41. The number of hydrogen-bond donors (Lipinski definition) is 4. The molecule has 4 rings (SSSR count). The first kappa shape index (κ1) is 19.2. The summed E-state index contributed by atoms with van der Waals surface area (Å²) in [4.78, 5) is 17.4. The molecule has 1 aliphatic carbocycles. The Kier molecular flexibility index (Phi) is 4.65. The van der Waals surface area contributed by atoms with Crippen molar-refractivity contribution in [1.29, 1.82) is 0 Å². The molecule has 6 nitrogen and oxygen atoms in total. The minimum absolute atomic E-state index is 0.0369. The van der Waals surface area contributed by atoms with Crippen molar-refractivity contribution >= 4 is 23.5 Å². The lowest BCUT2D eigenvalue weighted by molar-refractivity contribution is -0.125. The van der Waals surface area contributed by atoms with E-state index in [1.165, 1.54) is 11.6 Å². The molecule has 1 atom stereocenters. The number of amides is 1. The number of carbonyl (C=O) groups excluding carboxylic acids is 1. The van der Waals surface area contributed by atoms with E-state index in [9.17, 15) is 9.90 Å². The molecule has 0 bridgehead atoms. The molecule has 1 amide bonds. The largest absolute Gasteiger partial charge is 0.507 e. The van der Waals surface area contributed by atoms with E-state index in [0.29, 0.717) is 36.1 Å². The molecule has 1 saturated heterocycles. The van der Waals surface area contributed by atoms with Crippen molar-refractivity contribution < 1.29 is 9.90 Å². The van der Waals surface area contributed by atoms with Crippen LogP contribution in [0.4, 0.5) is 5.82 Å². The molecule has 6 heteroatoms. The molecule has 2 fully saturated rings. The van der Waals surface area contributed by atoms with Crippen molar-refractivity contribution in [2.45, 2.75) is 37.5 Å². The number of nitrogen functional groups attached to an aromatic ring is 1. The van der Waals surface area contributed by atoms with Crippen LogP contribution in [0.5, 0.6) is 5.75 Å². The van der Waals surface area contributed by atoms with Crippen LogP contribution in [0.25, 0.3) is 11.8 Å². The number of phenols is 1. The van der Waals surface area contributed by atoms with Crippen LogP contribution in [0, 0.1) is 0 Å². The van der Waals surface area contributed by atoms with Crippen molar-refractivity contribution in [3.05, 3.63) is 59.3 Å². The van der Waals surface area contributed by atoms with Gasteiger partial charge in [0, 0.05) is 41.0 Å². The van der Waals surface area contributed by atoms with Gasteiger partial charge >= 0.3 is 0 Å². The number of benzene rings is 1. The lowest BCUT2D eigenvalue weighted by atomic mass is 9.82. The summed E-state index contributed by atoms with van der Waals surface area (Å²) in [5.74, 6) is 1.13. The number of anilines is 1. The summed E-state index contributed by atoms with van der Waals surface area (Å²) in [6.07, 6.45) is 6.34. The van der Waals surface area contributed by atoms with Crippen molar-refractivity contribution in [3.63, 3.8) is 0 Å². The summed E-state index contributed by atoms with van der Waals surface area (Å²) < 4.78 is 0. The maximum atomic E-state index is 12.1. The lowest BCUT2D eigenvalue weighted by Gasteiger charge is -2.25. The van der Waals surface area contributed by atoms with E-state index in [-0.39, 0.29) is 17.1 Å². The molecule has 1 aromatic carbocycles. The zero-order valence-electron chi connectivity index (χ0n) is 16.7. The van der Waals surface area contributed by atoms with Crippen LogP contribution in [0.15, 0.2) is 36.9 Å². The van der Waals surface area contributed by atoms with E-state index in [1.807, 2.05) is 17.0 Å². The van der Waals surface area contributed by atoms with Gasteiger partial charge in [-0.2, -0.15) is 0 Å². The predicted octanol–water partition coefficient (Wildman–Crippen LogP) is 3.31. The van der Waals surface area contributed by atoms with E-state index >= 15 is 0 Å². The fourth-order valence-corrected chi connectivity index (χ4v) is 4.41. The van der Waals surface area contributed by atoms with E-state index in [1.54, 1.807) is 18.2 Å². The van der Waals surface area contributed by atoms with Crippen molar-refractivity contribution in [1.82, 2.24) is 9.88 Å². The van der Waals surface area contributed by atoms with Crippen molar-refractivity contribution in [2.24, 2.45) is 5.73 Å². The number of aromatic hydroxyl groups is 1. The molecule has 6 N–H and O–H groups in total. The summed E-state index contributed by atoms with van der Waals surface area (Å²) in [7, 11) is 0. The standard InChI is InChI=1S/C23H28N4O2/c1-3-19(29)27-11-10-23(2,13-27)21-20(14-8-9-14)16(22(25)26-21)12-17(24)15-6-4-5-7-18(15)28/h3-7,12,14,26,28H,1,8-11,13,24-25H2,2H3/b17-12-. The number of hydrogen-bond acceptors (Lipinski definition) is 4. The monoisotopic (exact) mass is 392 g/mol. The maximum Gasteiger partial charge on any atom is 0.245 e. The number of carbonyl (C=O) groups is 1. The van der Waals surface area contributed by atoms with Crippen molar-refractivity contribution in [3.8, 4) is 5.75 Å². The molecule has 1 aliphatic heterocycles. The number of phenolic OH excluding ortho intramolecular Hbond substituents is 1. The van der Waals surface area contributed by atoms with Gasteiger partial charge in [-0.3, -0.25) is 4.79 Å². The minimum Gasteiger partial charge on any atom is -0.507 e. The van der Waals surface area contributed by atoms with Gasteiger partial charge in [0.2, 0.25) is 5.91 Å². The highest BCUT2D eigenvalue weighted by Gasteiger charge is 2.43. The Bertz CT molecular complexity index is 1000. The zero-order chi connectivity index (χ0) is 20.8. The lowest BCUT2D eigenvalue weighted by Crippen LogP contribution is -2.32. The van der Waals surface area contributed by atoms with Gasteiger partial charge in [-0.25, -0.2) is 0 Å². The Morgan fingerprint density at radius 2 is 2.10 bits per heavy atom. The number of para-hydroxylation sites is 1. The number of nitrogens with one attached hydrogen (secondary N) is 1. The first-order chi connectivity index (χ1) is 13.8. The molecule has 2 heterocycles. The minimum atomic E-state index is -0.194. The summed E-state index contributed by atoms with van der Waals surface area (Å²) in [5.41, 5.74) is 16.8. The average molecular weight is 393 g/mol. The summed E-state index contributed by atoms with van der Waals surface area (Å²) in [6, 6.07) is 7.02. The van der Waals surface area contributed by atoms with Gasteiger partial charge in [0.25, 0.3) is 0 Å². The van der Waals surface area contributed by atoms with Crippen LogP contribution in [0.1, 0.15) is 54.5 Å². The second kappa shape index (κ2) is 7.03. The number of aromatic nitrogens is 1. The first-order valence-corrected chi connectivity index (χ1v) is 10.0. The van der Waals surface area contributed by atoms with Gasteiger partial charge in [0.05, 0.1) is 0 Å². The molecule has 2 aromatic rings. The number of rotatable bonds is 5. The first-order valence-electron chi connectivity index (χ1n) is 10.0. The van der Waals surface area contributed by atoms with Gasteiger partial charge < -0.3 is 26.5 Å². The molecule has 29 heavy (non-hydrogen) atoms. The molecule has 0 radical (unpaired) electrons. The third kappa shape index (κ3) is 3.39. The Morgan fingerprint density at radius 1 is 1.38 bits per heavy atom. The van der Waals surface area contributed by atoms with E-state index in [2.05, 4.69) is 18.5 Å². The Morgan fingerprint density at radius 3 is 2.76 bits per heavy atom. The number of nitrogens with two attached hydrogens (primary N) is 2. The highest BCUT2D eigenvalue weighted by atomic mass is 16.3. The Labute approximate surface area is 170 Å². The quantitative estimate of drug-likeness (QED) is 0.585. The molecule has 152 valence electrons. The Balaban J connectivity index is 1.75. The van der Waals surface area contributed by atoms with Crippen molar-refractivity contribution in [2.75, 3.05) is 18.8 Å². The molecule has 0 spiro atoms. The topological polar surface area (TPSA) is 108 Å². The molecule has 1 aromatic heterocycles. The molecule has 2 aliphatic rings. The van der Waals surface area contributed by atoms with Crippen LogP contribution in [0.2, 0.25) is 0 Å². The third-order valence-electron chi connectivity index (χ3n) is 6.17. The van der Waals surface area contributed by atoms with Crippen LogP contribution < -0.4 is 11.5 Å². The van der Waals surface area contributed by atoms with E-state index in [0.717, 1.165) is 30.5 Å². The third-order valence-corrected chi connectivity index (χ3v) is 6.17. The van der Waals surface area contributed by atoms with Crippen LogP contribution >= 0.6 is 0 Å². The zero-order valence-corrected chi connectivity index (χ0v) is 16.7. The SMILES string of the molecule is C=CC(=O)N1CCC(C)(c2[nH]c(N)c(/C=C(\N)c3ccccc3O)c2C2CC2)C1. The number of H-pyrrole nitrogens is 1. The highest BCUT2D eigenvalue weighted by molar-refractivity contribution is 5.88. The fourth-order valence-electron chi connectivity index (χ4n) is 4.41.